The van der Waals surface area contributed by atoms with Crippen molar-refractivity contribution in [2.24, 2.45) is 11.5 Å². The molecular weight excluding hydrogens is 490 g/mol. The molecule has 6 unspecified atom stereocenters. The molecule has 0 amide bonds. The number of hydrogen-bond donors (Lipinski definition) is 11. The minimum absolute atomic E-state index is 0.254. The van der Waals surface area contributed by atoms with Gasteiger partial charge in [-0.1, -0.05) is 0 Å². The van der Waals surface area contributed by atoms with Gasteiger partial charge in [0.05, 0.1) is 31.5 Å². The van der Waals surface area contributed by atoms with E-state index in [-0.39, 0.29) is 6.42 Å². The normalized spacial score (nSPS) is 54.4. The Morgan fingerprint density at radius 2 is 1.61 bits per heavy atom. The standard InChI is InChI=1S/C20H37N3O13/c1-23-7-2-5(21)9(26)15(10(7)27)33-19-17-16(11(28)8(4-25)32-19)35-20(36-17)18(31)13(30)12(29)14(34-20)6(22)3-24/h5-19,23-31H,2-4,21-22H2,1H3/t5-,6?,7+,8+,9+,10-,11?,12+,13-,14+,15-,16?,17+,18?,19?,20?/m0/s1. The molecule has 0 aromatic rings. The first-order chi connectivity index (χ1) is 17.0. The molecule has 0 aromatic carbocycles. The quantitative estimate of drug-likeness (QED) is 0.153. The Morgan fingerprint density at radius 3 is 2.22 bits per heavy atom. The Kier molecular flexibility index (Phi) is 8.55. The van der Waals surface area contributed by atoms with E-state index in [1.54, 1.807) is 7.05 Å². The number of hydrogen-bond acceptors (Lipinski definition) is 16. The molecule has 4 fully saturated rings. The highest BCUT2D eigenvalue weighted by Crippen LogP contribution is 2.45. The van der Waals surface area contributed by atoms with Crippen LogP contribution < -0.4 is 16.8 Å². The second kappa shape index (κ2) is 10.9. The minimum Gasteiger partial charge on any atom is -0.395 e. The zero-order valence-electron chi connectivity index (χ0n) is 19.6. The first-order valence-corrected chi connectivity index (χ1v) is 11.8. The maximum Gasteiger partial charge on any atom is 0.314 e. The Bertz CT molecular complexity index is 756. The van der Waals surface area contributed by atoms with Gasteiger partial charge in [0.25, 0.3) is 0 Å². The van der Waals surface area contributed by atoms with Crippen LogP contribution in [-0.2, 0) is 23.7 Å². The van der Waals surface area contributed by atoms with Crippen molar-refractivity contribution in [1.29, 1.82) is 0 Å². The zero-order valence-corrected chi connectivity index (χ0v) is 19.6. The highest BCUT2D eigenvalue weighted by molar-refractivity contribution is 5.05. The second-order valence-electron chi connectivity index (χ2n) is 9.72. The highest BCUT2D eigenvalue weighted by atomic mass is 16.9. The third-order valence-electron chi connectivity index (χ3n) is 7.42. The summed E-state index contributed by atoms with van der Waals surface area (Å²) in [6, 6.07) is -2.50. The second-order valence-corrected chi connectivity index (χ2v) is 9.72. The molecule has 0 aromatic heterocycles. The van der Waals surface area contributed by atoms with E-state index >= 15 is 0 Å². The third-order valence-corrected chi connectivity index (χ3v) is 7.42. The molecule has 1 spiro atoms. The van der Waals surface area contributed by atoms with Crippen molar-refractivity contribution in [1.82, 2.24) is 5.32 Å². The SMILES string of the molecule is CN[C@@H]1C[C@H](N)[C@@H](O)[C@H](OC2O[C@H](CO)C(O)C3OC4(O[C@@H]23)O[C@H](C(N)CO)[C@H](O)[C@H](O)C4O)[C@H]1O. The van der Waals surface area contributed by atoms with E-state index in [0.717, 1.165) is 0 Å². The molecule has 16 heteroatoms. The zero-order chi connectivity index (χ0) is 26.5. The molecule has 3 saturated heterocycles. The number of likely N-dealkylation sites (N-methyl/N-ethyl adjacent to an activating group) is 1. The summed E-state index contributed by atoms with van der Waals surface area (Å²) < 4.78 is 28.7. The molecule has 3 heterocycles. The molecule has 4 aliphatic rings. The lowest BCUT2D eigenvalue weighted by molar-refractivity contribution is -0.439. The van der Waals surface area contributed by atoms with E-state index in [0.29, 0.717) is 0 Å². The smallest absolute Gasteiger partial charge is 0.314 e. The number of nitrogens with two attached hydrogens (primary N) is 2. The van der Waals surface area contributed by atoms with Gasteiger partial charge in [-0.05, 0) is 13.5 Å². The van der Waals surface area contributed by atoms with E-state index in [9.17, 15) is 40.9 Å². The predicted molar refractivity (Wildman–Crippen MR) is 115 cm³/mol. The van der Waals surface area contributed by atoms with Crippen molar-refractivity contribution in [3.63, 3.8) is 0 Å². The molecule has 210 valence electrons. The van der Waals surface area contributed by atoms with Crippen LogP contribution in [0.15, 0.2) is 0 Å². The number of fused-ring (bicyclic) bond motifs is 1. The summed E-state index contributed by atoms with van der Waals surface area (Å²) in [5.41, 5.74) is 11.8. The number of aliphatic hydroxyl groups excluding tert-OH is 8. The summed E-state index contributed by atoms with van der Waals surface area (Å²) in [5.74, 6) is -2.48. The molecule has 3 aliphatic heterocycles. The average molecular weight is 528 g/mol. The van der Waals surface area contributed by atoms with Crippen LogP contribution in [0.3, 0.4) is 0 Å². The summed E-state index contributed by atoms with van der Waals surface area (Å²) in [6.07, 6.45) is -17.7. The first-order valence-electron chi connectivity index (χ1n) is 11.8. The van der Waals surface area contributed by atoms with Crippen LogP contribution in [0.4, 0.5) is 0 Å². The Morgan fingerprint density at radius 1 is 0.944 bits per heavy atom. The van der Waals surface area contributed by atoms with Crippen LogP contribution in [0, 0.1) is 0 Å². The maximum atomic E-state index is 10.7. The topological polar surface area (TPSA) is 272 Å². The Hall–Kier alpha value is -0.640. The van der Waals surface area contributed by atoms with Crippen LogP contribution in [0.2, 0.25) is 0 Å². The first kappa shape index (κ1) is 28.4. The van der Waals surface area contributed by atoms with Crippen molar-refractivity contribution in [3.05, 3.63) is 0 Å². The predicted octanol–water partition coefficient (Wildman–Crippen LogP) is -7.27. The summed E-state index contributed by atoms with van der Waals surface area (Å²) in [6.45, 7) is -1.33. The van der Waals surface area contributed by atoms with Gasteiger partial charge in [0, 0.05) is 12.1 Å². The van der Waals surface area contributed by atoms with E-state index in [4.69, 9.17) is 35.2 Å². The molecule has 1 aliphatic carbocycles. The molecule has 0 bridgehead atoms. The van der Waals surface area contributed by atoms with Gasteiger partial charge in [-0.15, -0.1) is 0 Å². The summed E-state index contributed by atoms with van der Waals surface area (Å²) in [4.78, 5) is 0. The van der Waals surface area contributed by atoms with Crippen LogP contribution in [0.5, 0.6) is 0 Å². The van der Waals surface area contributed by atoms with Crippen molar-refractivity contribution in [2.75, 3.05) is 20.3 Å². The maximum absolute atomic E-state index is 10.7. The van der Waals surface area contributed by atoms with Gasteiger partial charge in [0.2, 0.25) is 0 Å². The summed E-state index contributed by atoms with van der Waals surface area (Å²) in [5, 5.41) is 85.6. The lowest BCUT2D eigenvalue weighted by Gasteiger charge is -2.46. The van der Waals surface area contributed by atoms with E-state index in [1.165, 1.54) is 0 Å². The fraction of sp³-hybridized carbons (Fsp3) is 1.00. The number of ether oxygens (including phenoxy) is 5. The third kappa shape index (κ3) is 4.68. The van der Waals surface area contributed by atoms with Crippen molar-refractivity contribution in [3.8, 4) is 0 Å². The monoisotopic (exact) mass is 527 g/mol. The fourth-order valence-corrected chi connectivity index (χ4v) is 5.23. The van der Waals surface area contributed by atoms with Crippen LogP contribution in [0.25, 0.3) is 0 Å². The molecule has 4 rings (SSSR count). The minimum atomic E-state index is -2.48. The van der Waals surface area contributed by atoms with Gasteiger partial charge in [-0.2, -0.15) is 0 Å². The molecule has 36 heavy (non-hydrogen) atoms. The average Bonchev–Trinajstić information content (AvgIpc) is 3.27. The molecular formula is C20H37N3O13. The van der Waals surface area contributed by atoms with E-state index in [2.05, 4.69) is 5.32 Å². The van der Waals surface area contributed by atoms with E-state index in [1.807, 2.05) is 0 Å². The summed E-state index contributed by atoms with van der Waals surface area (Å²) in [7, 11) is 1.60. The van der Waals surface area contributed by atoms with Gasteiger partial charge < -0.3 is 81.3 Å². The van der Waals surface area contributed by atoms with Gasteiger partial charge in [0.1, 0.15) is 48.8 Å². The van der Waals surface area contributed by atoms with Gasteiger partial charge in [-0.3, -0.25) is 0 Å². The number of aliphatic hydroxyl groups is 8. The highest BCUT2D eigenvalue weighted by Gasteiger charge is 2.67. The molecule has 1 saturated carbocycles. The lowest BCUT2D eigenvalue weighted by atomic mass is 9.84. The Labute approximate surface area is 206 Å². The molecule has 16 atom stereocenters. The molecule has 0 radical (unpaired) electrons. The molecule has 16 nitrogen and oxygen atoms in total. The number of nitrogens with one attached hydrogen (secondary N) is 1. The van der Waals surface area contributed by atoms with Crippen LogP contribution in [0.1, 0.15) is 6.42 Å². The van der Waals surface area contributed by atoms with Crippen molar-refractivity contribution in [2.45, 2.75) is 104 Å². The number of rotatable bonds is 6. The van der Waals surface area contributed by atoms with Crippen LogP contribution in [-0.4, -0.2) is 159 Å². The molecule has 13 N–H and O–H groups in total. The fourth-order valence-electron chi connectivity index (χ4n) is 5.23. The van der Waals surface area contributed by atoms with E-state index < -0.39 is 111 Å². The van der Waals surface area contributed by atoms with Gasteiger partial charge in [-0.25, -0.2) is 0 Å². The van der Waals surface area contributed by atoms with Gasteiger partial charge >= 0.3 is 5.97 Å². The lowest BCUT2D eigenvalue weighted by Crippen LogP contribution is -2.69. The summed E-state index contributed by atoms with van der Waals surface area (Å²) >= 11 is 0. The van der Waals surface area contributed by atoms with Crippen molar-refractivity contribution < 1.29 is 64.5 Å². The van der Waals surface area contributed by atoms with Gasteiger partial charge in [0.15, 0.2) is 12.4 Å². The van der Waals surface area contributed by atoms with Crippen LogP contribution >= 0.6 is 0 Å². The largest absolute Gasteiger partial charge is 0.395 e. The Balaban J connectivity index is 1.62. The van der Waals surface area contributed by atoms with Crippen molar-refractivity contribution >= 4 is 0 Å².